The highest BCUT2D eigenvalue weighted by atomic mass is 16.3. The van der Waals surface area contributed by atoms with Crippen LogP contribution in [0.2, 0.25) is 0 Å². The van der Waals surface area contributed by atoms with E-state index in [2.05, 4.69) is 5.32 Å². The van der Waals surface area contributed by atoms with Crippen LogP contribution >= 0.6 is 0 Å². The van der Waals surface area contributed by atoms with Crippen LogP contribution < -0.4 is 5.32 Å². The molecule has 4 nitrogen and oxygen atoms in total. The number of rotatable bonds is 5. The Kier molecular flexibility index (Phi) is 4.51. The van der Waals surface area contributed by atoms with Gasteiger partial charge in [0.05, 0.1) is 18.8 Å². The second kappa shape index (κ2) is 5.49. The first-order chi connectivity index (χ1) is 7.91. The lowest BCUT2D eigenvalue weighted by molar-refractivity contribution is 0.0954. The summed E-state index contributed by atoms with van der Waals surface area (Å²) in [7, 11) is 0. The van der Waals surface area contributed by atoms with Gasteiger partial charge < -0.3 is 20.6 Å². The Morgan fingerprint density at radius 3 is 2.35 bits per heavy atom. The Labute approximate surface area is 102 Å². The van der Waals surface area contributed by atoms with Crippen LogP contribution in [0.15, 0.2) is 18.2 Å². The van der Waals surface area contributed by atoms with E-state index in [1.165, 1.54) is 0 Å². The predicted molar refractivity (Wildman–Crippen MR) is 67.0 cm³/mol. The minimum atomic E-state index is -0.753. The van der Waals surface area contributed by atoms with Gasteiger partial charge in [0.25, 0.3) is 0 Å². The number of aliphatic hydroxyl groups is 2. The molecule has 0 aliphatic rings. The highest BCUT2D eigenvalue weighted by Gasteiger charge is 2.25. The molecule has 0 bridgehead atoms. The van der Waals surface area contributed by atoms with Crippen LogP contribution in [0.25, 0.3) is 0 Å². The molecule has 0 amide bonds. The normalized spacial score (nSPS) is 13.7. The van der Waals surface area contributed by atoms with Gasteiger partial charge in [0, 0.05) is 11.6 Å². The summed E-state index contributed by atoms with van der Waals surface area (Å²) in [6.45, 7) is 5.19. The SMILES string of the molecule is Cc1ccc(C(C)NC(C)(CO)CO)c(O)c1. The molecule has 1 atom stereocenters. The van der Waals surface area contributed by atoms with Crippen molar-refractivity contribution in [3.05, 3.63) is 29.3 Å². The zero-order chi connectivity index (χ0) is 13.1. The van der Waals surface area contributed by atoms with Crippen molar-refractivity contribution in [2.24, 2.45) is 0 Å². The molecule has 96 valence electrons. The third-order valence-electron chi connectivity index (χ3n) is 2.92. The standard InChI is InChI=1S/C13H21NO3/c1-9-4-5-11(12(17)6-9)10(2)14-13(3,7-15)8-16/h4-6,10,14-17H,7-8H2,1-3H3. The summed E-state index contributed by atoms with van der Waals surface area (Å²) in [5, 5.41) is 31.4. The van der Waals surface area contributed by atoms with Crippen LogP contribution in [0.5, 0.6) is 5.75 Å². The maximum Gasteiger partial charge on any atom is 0.120 e. The fraction of sp³-hybridized carbons (Fsp3) is 0.538. The summed E-state index contributed by atoms with van der Waals surface area (Å²) >= 11 is 0. The van der Waals surface area contributed by atoms with Gasteiger partial charge in [0.15, 0.2) is 0 Å². The Morgan fingerprint density at radius 2 is 1.88 bits per heavy atom. The lowest BCUT2D eigenvalue weighted by atomic mass is 9.99. The van der Waals surface area contributed by atoms with Crippen molar-refractivity contribution in [3.63, 3.8) is 0 Å². The average Bonchev–Trinajstić information content (AvgIpc) is 2.28. The first-order valence-corrected chi connectivity index (χ1v) is 5.71. The minimum Gasteiger partial charge on any atom is -0.508 e. The third-order valence-corrected chi connectivity index (χ3v) is 2.92. The molecule has 1 unspecified atom stereocenters. The Morgan fingerprint density at radius 1 is 1.29 bits per heavy atom. The van der Waals surface area contributed by atoms with Crippen molar-refractivity contribution in [2.45, 2.75) is 32.4 Å². The highest BCUT2D eigenvalue weighted by molar-refractivity contribution is 5.37. The molecular formula is C13H21NO3. The molecule has 17 heavy (non-hydrogen) atoms. The first kappa shape index (κ1) is 14.0. The number of nitrogens with one attached hydrogen (secondary N) is 1. The smallest absolute Gasteiger partial charge is 0.120 e. The molecule has 0 saturated carbocycles. The molecule has 0 radical (unpaired) electrons. The van der Waals surface area contributed by atoms with Crippen molar-refractivity contribution in [1.82, 2.24) is 5.32 Å². The second-order valence-electron chi connectivity index (χ2n) is 4.81. The topological polar surface area (TPSA) is 72.7 Å². The number of benzene rings is 1. The van der Waals surface area contributed by atoms with Gasteiger partial charge in [-0.3, -0.25) is 0 Å². The average molecular weight is 239 g/mol. The van der Waals surface area contributed by atoms with E-state index in [0.717, 1.165) is 11.1 Å². The van der Waals surface area contributed by atoms with Gasteiger partial charge in [0.1, 0.15) is 5.75 Å². The lowest BCUT2D eigenvalue weighted by Gasteiger charge is -2.30. The van der Waals surface area contributed by atoms with E-state index in [1.807, 2.05) is 26.0 Å². The Balaban J connectivity index is 2.86. The Hall–Kier alpha value is -1.10. The number of hydrogen-bond acceptors (Lipinski definition) is 4. The first-order valence-electron chi connectivity index (χ1n) is 5.71. The Bertz CT molecular complexity index is 375. The number of hydrogen-bond donors (Lipinski definition) is 4. The molecule has 4 N–H and O–H groups in total. The molecule has 0 aliphatic carbocycles. The van der Waals surface area contributed by atoms with Crippen LogP contribution in [0.1, 0.15) is 31.0 Å². The van der Waals surface area contributed by atoms with Crippen molar-refractivity contribution >= 4 is 0 Å². The fourth-order valence-electron chi connectivity index (χ4n) is 1.76. The number of aromatic hydroxyl groups is 1. The van der Waals surface area contributed by atoms with Crippen LogP contribution in [-0.4, -0.2) is 34.1 Å². The predicted octanol–water partition coefficient (Wildman–Crippen LogP) is 1.09. The maximum atomic E-state index is 9.84. The highest BCUT2D eigenvalue weighted by Crippen LogP contribution is 2.26. The molecular weight excluding hydrogens is 218 g/mol. The molecule has 0 aromatic heterocycles. The van der Waals surface area contributed by atoms with Crippen molar-refractivity contribution in [2.75, 3.05) is 13.2 Å². The number of aryl methyl sites for hydroxylation is 1. The third kappa shape index (κ3) is 3.43. The van der Waals surface area contributed by atoms with Gasteiger partial charge in [-0.2, -0.15) is 0 Å². The van der Waals surface area contributed by atoms with Crippen molar-refractivity contribution in [1.29, 1.82) is 0 Å². The molecule has 4 heteroatoms. The van der Waals surface area contributed by atoms with Gasteiger partial charge in [-0.05, 0) is 32.4 Å². The van der Waals surface area contributed by atoms with Crippen LogP contribution in [0.4, 0.5) is 0 Å². The summed E-state index contributed by atoms with van der Waals surface area (Å²) in [4.78, 5) is 0. The summed E-state index contributed by atoms with van der Waals surface area (Å²) in [5.41, 5.74) is 0.991. The van der Waals surface area contributed by atoms with E-state index >= 15 is 0 Å². The van der Waals surface area contributed by atoms with E-state index in [1.54, 1.807) is 13.0 Å². The molecule has 0 spiro atoms. The number of phenolic OH excluding ortho intramolecular Hbond substituents is 1. The van der Waals surface area contributed by atoms with E-state index in [0.29, 0.717) is 0 Å². The summed E-state index contributed by atoms with van der Waals surface area (Å²) in [6, 6.07) is 5.31. The van der Waals surface area contributed by atoms with E-state index in [4.69, 9.17) is 0 Å². The second-order valence-corrected chi connectivity index (χ2v) is 4.81. The van der Waals surface area contributed by atoms with E-state index in [-0.39, 0.29) is 25.0 Å². The fourth-order valence-corrected chi connectivity index (χ4v) is 1.76. The van der Waals surface area contributed by atoms with E-state index in [9.17, 15) is 15.3 Å². The van der Waals surface area contributed by atoms with Gasteiger partial charge in [-0.25, -0.2) is 0 Å². The number of aliphatic hydroxyl groups excluding tert-OH is 2. The van der Waals surface area contributed by atoms with Crippen LogP contribution in [0.3, 0.4) is 0 Å². The quantitative estimate of drug-likeness (QED) is 0.621. The summed E-state index contributed by atoms with van der Waals surface area (Å²) in [5.74, 6) is 0.225. The molecule has 1 aromatic carbocycles. The van der Waals surface area contributed by atoms with E-state index < -0.39 is 5.54 Å². The summed E-state index contributed by atoms with van der Waals surface area (Å²) in [6.07, 6.45) is 0. The van der Waals surface area contributed by atoms with Gasteiger partial charge in [-0.15, -0.1) is 0 Å². The molecule has 1 rings (SSSR count). The zero-order valence-electron chi connectivity index (χ0n) is 10.6. The van der Waals surface area contributed by atoms with Crippen molar-refractivity contribution < 1.29 is 15.3 Å². The molecule has 0 fully saturated rings. The maximum absolute atomic E-state index is 9.84. The monoisotopic (exact) mass is 239 g/mol. The van der Waals surface area contributed by atoms with Crippen LogP contribution in [0, 0.1) is 6.92 Å². The molecule has 0 saturated heterocycles. The summed E-state index contributed by atoms with van der Waals surface area (Å²) < 4.78 is 0. The largest absolute Gasteiger partial charge is 0.508 e. The molecule has 0 aliphatic heterocycles. The zero-order valence-corrected chi connectivity index (χ0v) is 10.6. The van der Waals surface area contributed by atoms with Crippen LogP contribution in [-0.2, 0) is 0 Å². The van der Waals surface area contributed by atoms with Gasteiger partial charge in [0.2, 0.25) is 0 Å². The van der Waals surface area contributed by atoms with Gasteiger partial charge >= 0.3 is 0 Å². The lowest BCUT2D eigenvalue weighted by Crippen LogP contribution is -2.49. The minimum absolute atomic E-state index is 0.153. The number of phenols is 1. The van der Waals surface area contributed by atoms with Crippen molar-refractivity contribution in [3.8, 4) is 5.75 Å². The van der Waals surface area contributed by atoms with Gasteiger partial charge in [-0.1, -0.05) is 12.1 Å². The molecule has 1 aromatic rings. The molecule has 0 heterocycles.